The van der Waals surface area contributed by atoms with Gasteiger partial charge >= 0.3 is 0 Å². The van der Waals surface area contributed by atoms with E-state index in [0.29, 0.717) is 18.7 Å². The van der Waals surface area contributed by atoms with Crippen molar-refractivity contribution in [3.63, 3.8) is 0 Å². The second kappa shape index (κ2) is 6.24. The van der Waals surface area contributed by atoms with Crippen molar-refractivity contribution >= 4 is 10.0 Å². The highest BCUT2D eigenvalue weighted by atomic mass is 32.2. The molecule has 0 aliphatic carbocycles. The van der Waals surface area contributed by atoms with Crippen molar-refractivity contribution in [2.24, 2.45) is 5.41 Å². The fraction of sp³-hybridized carbons (Fsp3) is 0.769. The first-order valence-corrected chi connectivity index (χ1v) is 8.24. The molecule has 7 heteroatoms. The standard InChI is InChI=1S/C13H26N4O2S/c1-7-14-8-11-10(2)15-16-12(11)20(18,19)17(6)9-13(3,4)5/h14H,7-9H2,1-6H3,(H,15,16). The molecule has 0 fully saturated rings. The lowest BCUT2D eigenvalue weighted by molar-refractivity contribution is 0.310. The number of nitrogens with zero attached hydrogens (tertiary/aromatic N) is 2. The van der Waals surface area contributed by atoms with Crippen molar-refractivity contribution in [2.45, 2.75) is 46.2 Å². The molecule has 0 aliphatic heterocycles. The summed E-state index contributed by atoms with van der Waals surface area (Å²) in [5.41, 5.74) is 1.40. The maximum atomic E-state index is 12.6. The summed E-state index contributed by atoms with van der Waals surface area (Å²) in [5, 5.41) is 10.0. The maximum absolute atomic E-state index is 12.6. The second-order valence-corrected chi connectivity index (χ2v) is 8.19. The number of aromatic amines is 1. The molecule has 6 nitrogen and oxygen atoms in total. The van der Waals surface area contributed by atoms with Gasteiger partial charge in [0.25, 0.3) is 10.0 Å². The van der Waals surface area contributed by atoms with Gasteiger partial charge in [-0.05, 0) is 18.9 Å². The minimum Gasteiger partial charge on any atom is -0.313 e. The molecule has 0 radical (unpaired) electrons. The first-order valence-electron chi connectivity index (χ1n) is 6.80. The van der Waals surface area contributed by atoms with Crippen LogP contribution in [0.25, 0.3) is 0 Å². The molecule has 0 atom stereocenters. The van der Waals surface area contributed by atoms with Crippen LogP contribution in [0.4, 0.5) is 0 Å². The largest absolute Gasteiger partial charge is 0.313 e. The third-order valence-electron chi connectivity index (χ3n) is 2.94. The number of aryl methyl sites for hydroxylation is 1. The smallest absolute Gasteiger partial charge is 0.262 e. The number of hydrogen-bond acceptors (Lipinski definition) is 4. The molecule has 0 spiro atoms. The van der Waals surface area contributed by atoms with Crippen LogP contribution in [0.3, 0.4) is 0 Å². The number of sulfonamides is 1. The zero-order valence-electron chi connectivity index (χ0n) is 13.2. The molecule has 20 heavy (non-hydrogen) atoms. The van der Waals surface area contributed by atoms with Crippen molar-refractivity contribution in [1.82, 2.24) is 19.8 Å². The van der Waals surface area contributed by atoms with E-state index in [9.17, 15) is 8.42 Å². The van der Waals surface area contributed by atoms with Gasteiger partial charge in [-0.25, -0.2) is 8.42 Å². The van der Waals surface area contributed by atoms with Gasteiger partial charge in [0.15, 0.2) is 5.03 Å². The molecule has 0 bridgehead atoms. The van der Waals surface area contributed by atoms with E-state index in [2.05, 4.69) is 15.5 Å². The predicted molar refractivity (Wildman–Crippen MR) is 80.0 cm³/mol. The Labute approximate surface area is 122 Å². The van der Waals surface area contributed by atoms with Crippen LogP contribution in [-0.4, -0.2) is 43.1 Å². The highest BCUT2D eigenvalue weighted by Gasteiger charge is 2.30. The fourth-order valence-corrected chi connectivity index (χ4v) is 3.55. The van der Waals surface area contributed by atoms with E-state index in [4.69, 9.17) is 0 Å². The third-order valence-corrected chi connectivity index (χ3v) is 4.72. The van der Waals surface area contributed by atoms with Crippen molar-refractivity contribution in [2.75, 3.05) is 20.1 Å². The van der Waals surface area contributed by atoms with E-state index in [0.717, 1.165) is 12.2 Å². The van der Waals surface area contributed by atoms with Gasteiger partial charge in [-0.1, -0.05) is 27.7 Å². The lowest BCUT2D eigenvalue weighted by Crippen LogP contribution is -2.35. The van der Waals surface area contributed by atoms with Gasteiger partial charge in [0.05, 0.1) is 0 Å². The van der Waals surface area contributed by atoms with Crippen LogP contribution in [0, 0.1) is 12.3 Å². The predicted octanol–water partition coefficient (Wildman–Crippen LogP) is 1.49. The van der Waals surface area contributed by atoms with Crippen LogP contribution in [0.5, 0.6) is 0 Å². The van der Waals surface area contributed by atoms with E-state index in [1.165, 1.54) is 4.31 Å². The monoisotopic (exact) mass is 302 g/mol. The molecule has 0 saturated carbocycles. The van der Waals surface area contributed by atoms with Gasteiger partial charge in [0.1, 0.15) is 0 Å². The molecule has 116 valence electrons. The Kier molecular flexibility index (Phi) is 5.34. The van der Waals surface area contributed by atoms with Gasteiger partial charge < -0.3 is 5.32 Å². The molecular formula is C13H26N4O2S. The summed E-state index contributed by atoms with van der Waals surface area (Å²) in [6, 6.07) is 0. The Morgan fingerprint density at radius 2 is 1.95 bits per heavy atom. The fourth-order valence-electron chi connectivity index (χ4n) is 2.00. The molecule has 1 rings (SSSR count). The average Bonchev–Trinajstić information content (AvgIpc) is 2.66. The molecule has 0 unspecified atom stereocenters. The van der Waals surface area contributed by atoms with Gasteiger partial charge in [-0.2, -0.15) is 9.40 Å². The van der Waals surface area contributed by atoms with Crippen LogP contribution in [-0.2, 0) is 16.6 Å². The summed E-state index contributed by atoms with van der Waals surface area (Å²) in [7, 11) is -1.96. The quantitative estimate of drug-likeness (QED) is 0.834. The van der Waals surface area contributed by atoms with Crippen molar-refractivity contribution < 1.29 is 8.42 Å². The lowest BCUT2D eigenvalue weighted by atomic mass is 9.97. The minimum absolute atomic E-state index is 0.102. The highest BCUT2D eigenvalue weighted by Crippen LogP contribution is 2.23. The Bertz CT molecular complexity index is 543. The van der Waals surface area contributed by atoms with Gasteiger partial charge in [0, 0.05) is 31.4 Å². The topological polar surface area (TPSA) is 78.1 Å². The van der Waals surface area contributed by atoms with Crippen molar-refractivity contribution in [1.29, 1.82) is 0 Å². The second-order valence-electron chi connectivity index (χ2n) is 6.23. The van der Waals surface area contributed by atoms with Gasteiger partial charge in [-0.3, -0.25) is 5.10 Å². The van der Waals surface area contributed by atoms with Crippen LogP contribution in [0.2, 0.25) is 0 Å². The third kappa shape index (κ3) is 4.04. The van der Waals surface area contributed by atoms with E-state index < -0.39 is 10.0 Å². The molecule has 1 aromatic heterocycles. The minimum atomic E-state index is -3.56. The summed E-state index contributed by atoms with van der Waals surface area (Å²) in [6.45, 7) is 11.6. The molecule has 1 heterocycles. The summed E-state index contributed by atoms with van der Waals surface area (Å²) in [4.78, 5) is 0. The number of hydrogen-bond donors (Lipinski definition) is 2. The van der Waals surface area contributed by atoms with E-state index in [-0.39, 0.29) is 10.4 Å². The lowest BCUT2D eigenvalue weighted by Gasteiger charge is -2.25. The zero-order valence-corrected chi connectivity index (χ0v) is 14.1. The number of H-pyrrole nitrogens is 1. The van der Waals surface area contributed by atoms with Crippen LogP contribution < -0.4 is 5.32 Å². The molecule has 0 amide bonds. The van der Waals surface area contributed by atoms with Gasteiger partial charge in [0.2, 0.25) is 0 Å². The van der Waals surface area contributed by atoms with Crippen molar-refractivity contribution in [3.05, 3.63) is 11.3 Å². The van der Waals surface area contributed by atoms with Gasteiger partial charge in [-0.15, -0.1) is 0 Å². The maximum Gasteiger partial charge on any atom is 0.262 e. The summed E-state index contributed by atoms with van der Waals surface area (Å²) in [6.07, 6.45) is 0. The normalized spacial score (nSPS) is 13.2. The molecule has 1 aromatic rings. The Morgan fingerprint density at radius 3 is 2.45 bits per heavy atom. The molecule has 0 saturated heterocycles. The van der Waals surface area contributed by atoms with E-state index in [1.54, 1.807) is 7.05 Å². The molecule has 0 aliphatic rings. The average molecular weight is 302 g/mol. The zero-order chi connectivity index (χ0) is 15.6. The first kappa shape index (κ1) is 17.1. The Balaban J connectivity index is 3.09. The molecule has 2 N–H and O–H groups in total. The van der Waals surface area contributed by atoms with Crippen molar-refractivity contribution in [3.8, 4) is 0 Å². The summed E-state index contributed by atoms with van der Waals surface area (Å²) >= 11 is 0. The SMILES string of the molecule is CCNCc1c(S(=O)(=O)N(C)CC(C)(C)C)n[nH]c1C. The van der Waals surface area contributed by atoms with E-state index in [1.807, 2.05) is 34.6 Å². The number of nitrogens with one attached hydrogen (secondary N) is 2. The Hall–Kier alpha value is -0.920. The van der Waals surface area contributed by atoms with Crippen LogP contribution in [0.15, 0.2) is 5.03 Å². The summed E-state index contributed by atoms with van der Waals surface area (Å²) < 4.78 is 26.6. The highest BCUT2D eigenvalue weighted by molar-refractivity contribution is 7.89. The number of rotatable bonds is 6. The molecular weight excluding hydrogens is 276 g/mol. The number of aromatic nitrogens is 2. The summed E-state index contributed by atoms with van der Waals surface area (Å²) in [5.74, 6) is 0. The van der Waals surface area contributed by atoms with Crippen LogP contribution in [0.1, 0.15) is 39.0 Å². The first-order chi connectivity index (χ1) is 9.09. The van der Waals surface area contributed by atoms with Crippen LogP contribution >= 0.6 is 0 Å². The Morgan fingerprint density at radius 1 is 1.35 bits per heavy atom. The molecule has 0 aromatic carbocycles. The van der Waals surface area contributed by atoms with E-state index >= 15 is 0 Å².